The molecule has 2 aromatic carbocycles. The zero-order valence-corrected chi connectivity index (χ0v) is 13.2. The number of hydrogen-bond donors (Lipinski definition) is 1. The summed E-state index contributed by atoms with van der Waals surface area (Å²) in [6.45, 7) is 7.34. The van der Waals surface area contributed by atoms with E-state index in [4.69, 9.17) is 4.74 Å². The van der Waals surface area contributed by atoms with Crippen LogP contribution in [-0.4, -0.2) is 6.61 Å². The van der Waals surface area contributed by atoms with Crippen LogP contribution < -0.4 is 10.1 Å². The standard InChI is InChI=1S/C19H25NO/c1-4-14-21-18-13-9-8-12-17(18)20-19(15(2)3)16-10-6-5-7-11-16/h5-13,15,19-20H,4,14H2,1-3H3. The quantitative estimate of drug-likeness (QED) is 0.746. The predicted molar refractivity (Wildman–Crippen MR) is 89.9 cm³/mol. The lowest BCUT2D eigenvalue weighted by molar-refractivity contribution is 0.318. The van der Waals surface area contributed by atoms with Gasteiger partial charge >= 0.3 is 0 Å². The lowest BCUT2D eigenvalue weighted by Crippen LogP contribution is -2.17. The first-order valence-electron chi connectivity index (χ1n) is 7.75. The molecule has 0 bridgehead atoms. The Kier molecular flexibility index (Phi) is 5.68. The molecule has 21 heavy (non-hydrogen) atoms. The van der Waals surface area contributed by atoms with E-state index in [9.17, 15) is 0 Å². The van der Waals surface area contributed by atoms with E-state index >= 15 is 0 Å². The summed E-state index contributed by atoms with van der Waals surface area (Å²) in [7, 11) is 0. The Morgan fingerprint density at radius 2 is 1.62 bits per heavy atom. The van der Waals surface area contributed by atoms with Crippen molar-refractivity contribution in [2.24, 2.45) is 5.92 Å². The molecule has 0 aliphatic rings. The molecule has 1 atom stereocenters. The summed E-state index contributed by atoms with van der Waals surface area (Å²) in [6.07, 6.45) is 1.01. The lowest BCUT2D eigenvalue weighted by atomic mass is 9.95. The molecular weight excluding hydrogens is 258 g/mol. The summed E-state index contributed by atoms with van der Waals surface area (Å²) in [5.41, 5.74) is 2.37. The lowest BCUT2D eigenvalue weighted by Gasteiger charge is -2.25. The summed E-state index contributed by atoms with van der Waals surface area (Å²) in [5, 5.41) is 3.65. The van der Waals surface area contributed by atoms with Gasteiger partial charge < -0.3 is 10.1 Å². The van der Waals surface area contributed by atoms with Crippen LogP contribution in [0.3, 0.4) is 0 Å². The molecule has 0 heterocycles. The number of nitrogens with one attached hydrogen (secondary N) is 1. The molecule has 0 amide bonds. The number of benzene rings is 2. The van der Waals surface area contributed by atoms with Gasteiger partial charge in [-0.1, -0.05) is 63.2 Å². The van der Waals surface area contributed by atoms with Crippen LogP contribution >= 0.6 is 0 Å². The van der Waals surface area contributed by atoms with Gasteiger partial charge in [-0.05, 0) is 30.0 Å². The number of anilines is 1. The fourth-order valence-electron chi connectivity index (χ4n) is 2.39. The highest BCUT2D eigenvalue weighted by molar-refractivity contribution is 5.57. The second kappa shape index (κ2) is 7.72. The Balaban J connectivity index is 2.21. The normalized spacial score (nSPS) is 12.2. The Hall–Kier alpha value is -1.96. The van der Waals surface area contributed by atoms with E-state index < -0.39 is 0 Å². The average Bonchev–Trinajstić information content (AvgIpc) is 2.52. The fourth-order valence-corrected chi connectivity index (χ4v) is 2.39. The minimum Gasteiger partial charge on any atom is -0.491 e. The van der Waals surface area contributed by atoms with Gasteiger partial charge in [0.15, 0.2) is 0 Å². The molecule has 1 unspecified atom stereocenters. The van der Waals surface area contributed by atoms with Gasteiger partial charge in [-0.15, -0.1) is 0 Å². The maximum Gasteiger partial charge on any atom is 0.142 e. The van der Waals surface area contributed by atoms with Crippen molar-refractivity contribution in [1.82, 2.24) is 0 Å². The minimum atomic E-state index is 0.276. The van der Waals surface area contributed by atoms with Gasteiger partial charge in [0.1, 0.15) is 5.75 Å². The van der Waals surface area contributed by atoms with E-state index in [1.807, 2.05) is 18.2 Å². The first-order chi connectivity index (χ1) is 10.2. The van der Waals surface area contributed by atoms with Gasteiger partial charge in [0.05, 0.1) is 18.3 Å². The SMILES string of the molecule is CCCOc1ccccc1NC(c1ccccc1)C(C)C. The van der Waals surface area contributed by atoms with Gasteiger partial charge in [0, 0.05) is 0 Å². The van der Waals surface area contributed by atoms with Crippen molar-refractivity contribution in [3.63, 3.8) is 0 Å². The Bertz CT molecular complexity index is 536. The van der Waals surface area contributed by atoms with Gasteiger partial charge in [-0.25, -0.2) is 0 Å². The van der Waals surface area contributed by atoms with Crippen LogP contribution in [0.15, 0.2) is 54.6 Å². The maximum absolute atomic E-state index is 5.84. The first kappa shape index (κ1) is 15.4. The molecular formula is C19H25NO. The van der Waals surface area contributed by atoms with Crippen LogP contribution in [0.5, 0.6) is 5.75 Å². The van der Waals surface area contributed by atoms with E-state index in [-0.39, 0.29) is 6.04 Å². The third-order valence-corrected chi connectivity index (χ3v) is 3.49. The third kappa shape index (κ3) is 4.25. The van der Waals surface area contributed by atoms with Crippen LogP contribution in [0, 0.1) is 5.92 Å². The molecule has 2 aromatic rings. The highest BCUT2D eigenvalue weighted by atomic mass is 16.5. The monoisotopic (exact) mass is 283 g/mol. The summed E-state index contributed by atoms with van der Waals surface area (Å²) in [6, 6.07) is 19.0. The zero-order chi connectivity index (χ0) is 15.1. The van der Waals surface area contributed by atoms with Crippen molar-refractivity contribution >= 4 is 5.69 Å². The van der Waals surface area contributed by atoms with Gasteiger partial charge in [-0.3, -0.25) is 0 Å². The van der Waals surface area contributed by atoms with Crippen LogP contribution in [0.4, 0.5) is 5.69 Å². The smallest absolute Gasteiger partial charge is 0.142 e. The number of rotatable bonds is 7. The first-order valence-corrected chi connectivity index (χ1v) is 7.75. The maximum atomic E-state index is 5.84. The van der Waals surface area contributed by atoms with E-state index in [2.05, 4.69) is 62.5 Å². The van der Waals surface area contributed by atoms with Gasteiger partial charge in [-0.2, -0.15) is 0 Å². The molecule has 1 N–H and O–H groups in total. The highest BCUT2D eigenvalue weighted by Crippen LogP contribution is 2.31. The predicted octanol–water partition coefficient (Wildman–Crippen LogP) is 5.28. The van der Waals surface area contributed by atoms with Crippen molar-refractivity contribution in [3.05, 3.63) is 60.2 Å². The molecule has 0 saturated carbocycles. The van der Waals surface area contributed by atoms with Crippen LogP contribution in [-0.2, 0) is 0 Å². The molecule has 2 rings (SSSR count). The second-order valence-corrected chi connectivity index (χ2v) is 5.62. The molecule has 0 aliphatic carbocycles. The van der Waals surface area contributed by atoms with Crippen LogP contribution in [0.2, 0.25) is 0 Å². The van der Waals surface area contributed by atoms with Crippen molar-refractivity contribution in [3.8, 4) is 5.75 Å². The molecule has 0 aromatic heterocycles. The van der Waals surface area contributed by atoms with E-state index in [0.717, 1.165) is 24.5 Å². The molecule has 2 nitrogen and oxygen atoms in total. The van der Waals surface area contributed by atoms with Crippen molar-refractivity contribution < 1.29 is 4.74 Å². The molecule has 0 fully saturated rings. The molecule has 0 spiro atoms. The van der Waals surface area contributed by atoms with Gasteiger partial charge in [0.25, 0.3) is 0 Å². The largest absolute Gasteiger partial charge is 0.491 e. The molecule has 0 aliphatic heterocycles. The topological polar surface area (TPSA) is 21.3 Å². The Morgan fingerprint density at radius 3 is 2.29 bits per heavy atom. The molecule has 0 radical (unpaired) electrons. The second-order valence-electron chi connectivity index (χ2n) is 5.62. The summed E-state index contributed by atoms with van der Waals surface area (Å²) in [5.74, 6) is 1.42. The van der Waals surface area contributed by atoms with Crippen molar-refractivity contribution in [2.75, 3.05) is 11.9 Å². The Labute approximate surface area is 128 Å². The number of para-hydroxylation sites is 2. The number of ether oxygens (including phenoxy) is 1. The fraction of sp³-hybridized carbons (Fsp3) is 0.368. The summed E-state index contributed by atoms with van der Waals surface area (Å²) < 4.78 is 5.84. The van der Waals surface area contributed by atoms with Crippen molar-refractivity contribution in [2.45, 2.75) is 33.2 Å². The summed E-state index contributed by atoms with van der Waals surface area (Å²) in [4.78, 5) is 0. The molecule has 112 valence electrons. The van der Waals surface area contributed by atoms with Crippen LogP contribution in [0.25, 0.3) is 0 Å². The molecule has 0 saturated heterocycles. The van der Waals surface area contributed by atoms with Crippen molar-refractivity contribution in [1.29, 1.82) is 0 Å². The van der Waals surface area contributed by atoms with E-state index in [1.165, 1.54) is 5.56 Å². The third-order valence-electron chi connectivity index (χ3n) is 3.49. The minimum absolute atomic E-state index is 0.276. The zero-order valence-electron chi connectivity index (χ0n) is 13.2. The van der Waals surface area contributed by atoms with Gasteiger partial charge in [0.2, 0.25) is 0 Å². The summed E-state index contributed by atoms with van der Waals surface area (Å²) >= 11 is 0. The highest BCUT2D eigenvalue weighted by Gasteiger charge is 2.16. The van der Waals surface area contributed by atoms with E-state index in [0.29, 0.717) is 5.92 Å². The molecule has 2 heteroatoms. The Morgan fingerprint density at radius 1 is 0.952 bits per heavy atom. The average molecular weight is 283 g/mol. The van der Waals surface area contributed by atoms with Crippen LogP contribution in [0.1, 0.15) is 38.8 Å². The van der Waals surface area contributed by atoms with E-state index in [1.54, 1.807) is 0 Å². The number of hydrogen-bond acceptors (Lipinski definition) is 2.